The highest BCUT2D eigenvalue weighted by Crippen LogP contribution is 2.21. The molecule has 0 saturated carbocycles. The molecule has 1 unspecified atom stereocenters. The van der Waals surface area contributed by atoms with Gasteiger partial charge in [0, 0.05) is 24.2 Å². The average Bonchev–Trinajstić information content (AvgIpc) is 2.47. The molecule has 0 aliphatic rings. The first kappa shape index (κ1) is 18.1. The Labute approximate surface area is 129 Å². The van der Waals surface area contributed by atoms with Crippen LogP contribution >= 0.6 is 0 Å². The normalized spacial score (nSPS) is 13.1. The third kappa shape index (κ3) is 6.15. The van der Waals surface area contributed by atoms with Gasteiger partial charge >= 0.3 is 0 Å². The maximum Gasteiger partial charge on any atom is 0.127 e. The van der Waals surface area contributed by atoms with Crippen LogP contribution in [0.5, 0.6) is 0 Å². The summed E-state index contributed by atoms with van der Waals surface area (Å²) >= 11 is 0. The number of rotatable bonds is 10. The Morgan fingerprint density at radius 1 is 1.10 bits per heavy atom. The Balaban J connectivity index is 2.72. The minimum Gasteiger partial charge on any atom is -0.310 e. The minimum atomic E-state index is -0.0994. The van der Waals surface area contributed by atoms with E-state index in [1.807, 2.05) is 12.1 Å². The molecule has 120 valence electrons. The van der Waals surface area contributed by atoms with Gasteiger partial charge in [0.1, 0.15) is 5.82 Å². The molecule has 1 aromatic carbocycles. The van der Waals surface area contributed by atoms with Crippen molar-refractivity contribution in [1.82, 2.24) is 10.2 Å². The van der Waals surface area contributed by atoms with E-state index in [0.29, 0.717) is 6.04 Å². The molecule has 0 spiro atoms. The van der Waals surface area contributed by atoms with Gasteiger partial charge in [-0.15, -0.1) is 0 Å². The van der Waals surface area contributed by atoms with Crippen LogP contribution in [-0.2, 0) is 0 Å². The largest absolute Gasteiger partial charge is 0.310 e. The quantitative estimate of drug-likeness (QED) is 0.689. The molecule has 3 heteroatoms. The van der Waals surface area contributed by atoms with Gasteiger partial charge in [-0.05, 0) is 52.3 Å². The van der Waals surface area contributed by atoms with Gasteiger partial charge in [0.15, 0.2) is 0 Å². The maximum atomic E-state index is 14.0. The first-order valence-electron chi connectivity index (χ1n) is 8.32. The summed E-state index contributed by atoms with van der Waals surface area (Å²) in [5.74, 6) is -0.0994. The summed E-state index contributed by atoms with van der Waals surface area (Å²) in [4.78, 5) is 2.47. The van der Waals surface area contributed by atoms with E-state index in [1.54, 1.807) is 12.1 Å². The highest BCUT2D eigenvalue weighted by molar-refractivity contribution is 5.21. The topological polar surface area (TPSA) is 15.3 Å². The molecule has 0 aromatic heterocycles. The Kier molecular flexibility index (Phi) is 8.55. The van der Waals surface area contributed by atoms with Crippen LogP contribution in [0.4, 0.5) is 4.39 Å². The molecule has 0 radical (unpaired) electrons. The van der Waals surface area contributed by atoms with E-state index in [9.17, 15) is 4.39 Å². The number of benzene rings is 1. The second-order valence-electron chi connectivity index (χ2n) is 5.95. The van der Waals surface area contributed by atoms with Crippen LogP contribution in [0.15, 0.2) is 24.3 Å². The van der Waals surface area contributed by atoms with Gasteiger partial charge in [-0.25, -0.2) is 4.39 Å². The standard InChI is InChI=1S/C18H31FN2/c1-5-12-20-18(16-9-7-8-10-17(16)19)11-14-21(13-6-2)15(3)4/h7-10,15,18,20H,5-6,11-14H2,1-4H3. The Bertz CT molecular complexity index is 393. The van der Waals surface area contributed by atoms with Crippen LogP contribution in [-0.4, -0.2) is 30.6 Å². The van der Waals surface area contributed by atoms with Gasteiger partial charge in [-0.1, -0.05) is 32.0 Å². The lowest BCUT2D eigenvalue weighted by Gasteiger charge is -2.28. The Morgan fingerprint density at radius 2 is 1.81 bits per heavy atom. The van der Waals surface area contributed by atoms with Gasteiger partial charge in [0.05, 0.1) is 0 Å². The molecule has 0 aliphatic carbocycles. The van der Waals surface area contributed by atoms with Gasteiger partial charge in [-0.2, -0.15) is 0 Å². The van der Waals surface area contributed by atoms with E-state index in [2.05, 4.69) is 37.9 Å². The highest BCUT2D eigenvalue weighted by Gasteiger charge is 2.17. The molecular weight excluding hydrogens is 263 g/mol. The fraction of sp³-hybridized carbons (Fsp3) is 0.667. The smallest absolute Gasteiger partial charge is 0.127 e. The first-order valence-corrected chi connectivity index (χ1v) is 8.32. The lowest BCUT2D eigenvalue weighted by Crippen LogP contribution is -2.35. The summed E-state index contributed by atoms with van der Waals surface area (Å²) in [6, 6.07) is 7.78. The summed E-state index contributed by atoms with van der Waals surface area (Å²) in [5, 5.41) is 3.50. The highest BCUT2D eigenvalue weighted by atomic mass is 19.1. The molecule has 0 heterocycles. The molecule has 0 fully saturated rings. The van der Waals surface area contributed by atoms with Crippen LogP contribution in [0, 0.1) is 5.82 Å². The van der Waals surface area contributed by atoms with Gasteiger partial charge in [-0.3, -0.25) is 0 Å². The predicted octanol–water partition coefficient (Wildman–Crippen LogP) is 4.38. The van der Waals surface area contributed by atoms with Crippen LogP contribution in [0.3, 0.4) is 0 Å². The van der Waals surface area contributed by atoms with E-state index < -0.39 is 0 Å². The molecule has 0 saturated heterocycles. The van der Waals surface area contributed by atoms with Crippen molar-refractivity contribution >= 4 is 0 Å². The molecule has 1 rings (SSSR count). The third-order valence-electron chi connectivity index (χ3n) is 3.87. The van der Waals surface area contributed by atoms with Crippen molar-refractivity contribution in [2.45, 2.75) is 59.0 Å². The fourth-order valence-corrected chi connectivity index (χ4v) is 2.65. The number of hydrogen-bond donors (Lipinski definition) is 1. The molecule has 1 atom stereocenters. The van der Waals surface area contributed by atoms with Crippen LogP contribution < -0.4 is 5.32 Å². The molecular formula is C18H31FN2. The van der Waals surface area contributed by atoms with Crippen LogP contribution in [0.2, 0.25) is 0 Å². The summed E-state index contributed by atoms with van der Waals surface area (Å²) < 4.78 is 14.0. The Hall–Kier alpha value is -0.930. The van der Waals surface area contributed by atoms with Gasteiger partial charge < -0.3 is 10.2 Å². The third-order valence-corrected chi connectivity index (χ3v) is 3.87. The molecule has 2 nitrogen and oxygen atoms in total. The van der Waals surface area contributed by atoms with E-state index in [4.69, 9.17) is 0 Å². The van der Waals surface area contributed by atoms with Crippen LogP contribution in [0.1, 0.15) is 58.6 Å². The van der Waals surface area contributed by atoms with Crippen molar-refractivity contribution in [1.29, 1.82) is 0 Å². The zero-order valence-corrected chi connectivity index (χ0v) is 14.0. The fourth-order valence-electron chi connectivity index (χ4n) is 2.65. The molecule has 0 bridgehead atoms. The molecule has 0 amide bonds. The van der Waals surface area contributed by atoms with Gasteiger partial charge in [0.25, 0.3) is 0 Å². The van der Waals surface area contributed by atoms with Crippen molar-refractivity contribution in [3.63, 3.8) is 0 Å². The zero-order valence-electron chi connectivity index (χ0n) is 14.0. The van der Waals surface area contributed by atoms with Crippen molar-refractivity contribution < 1.29 is 4.39 Å². The average molecular weight is 294 g/mol. The SMILES string of the molecule is CCCNC(CCN(CCC)C(C)C)c1ccccc1F. The lowest BCUT2D eigenvalue weighted by molar-refractivity contribution is 0.209. The molecule has 1 N–H and O–H groups in total. The second-order valence-corrected chi connectivity index (χ2v) is 5.95. The lowest BCUT2D eigenvalue weighted by atomic mass is 10.0. The summed E-state index contributed by atoms with van der Waals surface area (Å²) in [5.41, 5.74) is 0.797. The van der Waals surface area contributed by atoms with Crippen LogP contribution in [0.25, 0.3) is 0 Å². The van der Waals surface area contributed by atoms with E-state index in [1.165, 1.54) is 0 Å². The van der Waals surface area contributed by atoms with Crippen molar-refractivity contribution in [2.24, 2.45) is 0 Å². The van der Waals surface area contributed by atoms with Crippen molar-refractivity contribution in [2.75, 3.05) is 19.6 Å². The summed E-state index contributed by atoms with van der Waals surface area (Å²) in [7, 11) is 0. The van der Waals surface area contributed by atoms with E-state index in [-0.39, 0.29) is 11.9 Å². The summed E-state index contributed by atoms with van der Waals surface area (Å²) in [6.45, 7) is 11.8. The predicted molar refractivity (Wildman–Crippen MR) is 89.1 cm³/mol. The minimum absolute atomic E-state index is 0.0994. The van der Waals surface area contributed by atoms with E-state index in [0.717, 1.165) is 44.5 Å². The zero-order chi connectivity index (χ0) is 15.7. The van der Waals surface area contributed by atoms with E-state index >= 15 is 0 Å². The first-order chi connectivity index (χ1) is 10.1. The summed E-state index contributed by atoms with van der Waals surface area (Å²) in [6.07, 6.45) is 3.16. The molecule has 1 aromatic rings. The number of hydrogen-bond acceptors (Lipinski definition) is 2. The number of nitrogens with zero attached hydrogens (tertiary/aromatic N) is 1. The monoisotopic (exact) mass is 294 g/mol. The molecule has 21 heavy (non-hydrogen) atoms. The Morgan fingerprint density at radius 3 is 2.38 bits per heavy atom. The van der Waals surface area contributed by atoms with Crippen molar-refractivity contribution in [3.8, 4) is 0 Å². The molecule has 0 aliphatic heterocycles. The van der Waals surface area contributed by atoms with Crippen molar-refractivity contribution in [3.05, 3.63) is 35.6 Å². The maximum absolute atomic E-state index is 14.0. The second kappa shape index (κ2) is 9.91. The number of halogens is 1. The van der Waals surface area contributed by atoms with Gasteiger partial charge in [0.2, 0.25) is 0 Å². The number of nitrogens with one attached hydrogen (secondary N) is 1.